The van der Waals surface area contributed by atoms with Crippen LogP contribution in [0, 0.1) is 0 Å². The Bertz CT molecular complexity index is 277. The van der Waals surface area contributed by atoms with Gasteiger partial charge in [-0.1, -0.05) is 0 Å². The van der Waals surface area contributed by atoms with Crippen molar-refractivity contribution in [1.82, 2.24) is 9.80 Å². The Kier molecular flexibility index (Phi) is 6.67. The maximum atomic E-state index is 11.9. The first-order valence-electron chi connectivity index (χ1n) is 6.33. The number of rotatable bonds is 6. The van der Waals surface area contributed by atoms with Gasteiger partial charge in [-0.25, -0.2) is 0 Å². The van der Waals surface area contributed by atoms with Crippen LogP contribution < -0.4 is 0 Å². The molecule has 1 rings (SSSR count). The molecule has 1 aliphatic rings. The minimum Gasteiger partial charge on any atom is -0.466 e. The number of carbonyl (C=O) groups excluding carboxylic acids is 2. The van der Waals surface area contributed by atoms with Crippen LogP contribution in [-0.4, -0.2) is 74.7 Å². The number of nitrogens with zero attached hydrogens (tertiary/aromatic N) is 2. The molecule has 18 heavy (non-hydrogen) atoms. The summed E-state index contributed by atoms with van der Waals surface area (Å²) in [6.45, 7) is 5.58. The quantitative estimate of drug-likeness (QED) is 0.614. The fourth-order valence-corrected chi connectivity index (χ4v) is 1.74. The van der Waals surface area contributed by atoms with Crippen LogP contribution in [0.4, 0.5) is 0 Å². The third-order valence-corrected chi connectivity index (χ3v) is 2.77. The van der Waals surface area contributed by atoms with E-state index in [0.717, 1.165) is 0 Å². The molecule has 0 atom stereocenters. The van der Waals surface area contributed by atoms with E-state index in [4.69, 9.17) is 9.47 Å². The van der Waals surface area contributed by atoms with E-state index in [2.05, 4.69) is 0 Å². The highest BCUT2D eigenvalue weighted by atomic mass is 16.5. The zero-order valence-corrected chi connectivity index (χ0v) is 11.2. The monoisotopic (exact) mass is 258 g/mol. The summed E-state index contributed by atoms with van der Waals surface area (Å²) in [7, 11) is 1.83. The third kappa shape index (κ3) is 5.46. The second-order valence-corrected chi connectivity index (χ2v) is 4.29. The van der Waals surface area contributed by atoms with Crippen molar-refractivity contribution in [2.75, 3.05) is 53.0 Å². The standard InChI is InChI=1S/C12H22N2O4/c1-3-18-12(16)4-5-13(2)10-11(15)14-6-8-17-9-7-14/h3-10H2,1-2H3. The van der Waals surface area contributed by atoms with Gasteiger partial charge in [-0.2, -0.15) is 0 Å². The number of hydrogen-bond donors (Lipinski definition) is 0. The molecule has 0 unspecified atom stereocenters. The van der Waals surface area contributed by atoms with Gasteiger partial charge >= 0.3 is 5.97 Å². The van der Waals surface area contributed by atoms with E-state index in [1.807, 2.05) is 11.9 Å². The number of amides is 1. The number of esters is 1. The van der Waals surface area contributed by atoms with E-state index in [0.29, 0.717) is 52.4 Å². The largest absolute Gasteiger partial charge is 0.466 e. The summed E-state index contributed by atoms with van der Waals surface area (Å²) in [4.78, 5) is 26.7. The lowest BCUT2D eigenvalue weighted by atomic mass is 10.3. The summed E-state index contributed by atoms with van der Waals surface area (Å²) in [5, 5.41) is 0. The first-order valence-corrected chi connectivity index (χ1v) is 6.33. The van der Waals surface area contributed by atoms with Crippen LogP contribution >= 0.6 is 0 Å². The Morgan fingerprint density at radius 1 is 1.33 bits per heavy atom. The molecule has 0 radical (unpaired) electrons. The Hall–Kier alpha value is -1.14. The van der Waals surface area contributed by atoms with Crippen LogP contribution in [0.15, 0.2) is 0 Å². The van der Waals surface area contributed by atoms with E-state index in [1.165, 1.54) is 0 Å². The average molecular weight is 258 g/mol. The number of morpholine rings is 1. The number of ether oxygens (including phenoxy) is 2. The molecule has 6 heteroatoms. The summed E-state index contributed by atoms with van der Waals surface area (Å²) < 4.78 is 10.0. The average Bonchev–Trinajstić information content (AvgIpc) is 2.38. The minimum absolute atomic E-state index is 0.0876. The molecule has 104 valence electrons. The van der Waals surface area contributed by atoms with Crippen molar-refractivity contribution in [3.8, 4) is 0 Å². The number of hydrogen-bond acceptors (Lipinski definition) is 5. The molecule has 1 fully saturated rings. The second kappa shape index (κ2) is 8.05. The van der Waals surface area contributed by atoms with Gasteiger partial charge in [-0.3, -0.25) is 14.5 Å². The van der Waals surface area contributed by atoms with Gasteiger partial charge < -0.3 is 14.4 Å². The van der Waals surface area contributed by atoms with Crippen molar-refractivity contribution < 1.29 is 19.1 Å². The third-order valence-electron chi connectivity index (χ3n) is 2.77. The molecule has 0 aromatic heterocycles. The molecule has 0 bridgehead atoms. The van der Waals surface area contributed by atoms with Gasteiger partial charge in [0.05, 0.1) is 32.8 Å². The predicted molar refractivity (Wildman–Crippen MR) is 66.1 cm³/mol. The van der Waals surface area contributed by atoms with E-state index < -0.39 is 0 Å². The molecule has 0 N–H and O–H groups in total. The van der Waals surface area contributed by atoms with Crippen molar-refractivity contribution in [1.29, 1.82) is 0 Å². The van der Waals surface area contributed by atoms with Crippen LogP contribution in [0.3, 0.4) is 0 Å². The first-order chi connectivity index (χ1) is 8.63. The maximum absolute atomic E-state index is 11.9. The lowest BCUT2D eigenvalue weighted by Crippen LogP contribution is -2.45. The highest BCUT2D eigenvalue weighted by Gasteiger charge is 2.18. The molecule has 0 spiro atoms. The fraction of sp³-hybridized carbons (Fsp3) is 0.833. The van der Waals surface area contributed by atoms with Crippen LogP contribution in [0.1, 0.15) is 13.3 Å². The van der Waals surface area contributed by atoms with Gasteiger partial charge in [-0.05, 0) is 14.0 Å². The van der Waals surface area contributed by atoms with E-state index >= 15 is 0 Å². The number of carbonyl (C=O) groups is 2. The highest BCUT2D eigenvalue weighted by molar-refractivity contribution is 5.78. The van der Waals surface area contributed by atoms with Gasteiger partial charge in [0.25, 0.3) is 0 Å². The van der Waals surface area contributed by atoms with Crippen LogP contribution in [0.5, 0.6) is 0 Å². The van der Waals surface area contributed by atoms with Crippen LogP contribution in [-0.2, 0) is 19.1 Å². The number of likely N-dealkylation sites (N-methyl/N-ethyl adjacent to an activating group) is 1. The molecule has 1 heterocycles. The summed E-state index contributed by atoms with van der Waals surface area (Å²) in [6, 6.07) is 0. The Balaban J connectivity index is 2.20. The lowest BCUT2D eigenvalue weighted by molar-refractivity contribution is -0.144. The van der Waals surface area contributed by atoms with E-state index in [9.17, 15) is 9.59 Å². The van der Waals surface area contributed by atoms with Gasteiger partial charge in [0.15, 0.2) is 0 Å². The van der Waals surface area contributed by atoms with Crippen molar-refractivity contribution in [2.45, 2.75) is 13.3 Å². The molecular weight excluding hydrogens is 236 g/mol. The van der Waals surface area contributed by atoms with Gasteiger partial charge in [0, 0.05) is 19.6 Å². The van der Waals surface area contributed by atoms with Crippen LogP contribution in [0.2, 0.25) is 0 Å². The summed E-state index contributed by atoms with van der Waals surface area (Å²) in [5.41, 5.74) is 0. The minimum atomic E-state index is -0.219. The molecule has 0 aromatic rings. The molecule has 0 saturated carbocycles. The second-order valence-electron chi connectivity index (χ2n) is 4.29. The van der Waals surface area contributed by atoms with Gasteiger partial charge in [0.1, 0.15) is 0 Å². The molecule has 1 aliphatic heterocycles. The van der Waals surface area contributed by atoms with Crippen molar-refractivity contribution in [3.63, 3.8) is 0 Å². The Labute approximate surface area is 108 Å². The first kappa shape index (κ1) is 14.9. The predicted octanol–water partition coefficient (Wildman–Crippen LogP) is -0.270. The van der Waals surface area contributed by atoms with E-state index in [1.54, 1.807) is 11.8 Å². The highest BCUT2D eigenvalue weighted by Crippen LogP contribution is 1.99. The Morgan fingerprint density at radius 3 is 2.61 bits per heavy atom. The summed E-state index contributed by atoms with van der Waals surface area (Å²) in [5.74, 6) is -0.132. The molecule has 6 nitrogen and oxygen atoms in total. The lowest BCUT2D eigenvalue weighted by Gasteiger charge is -2.28. The van der Waals surface area contributed by atoms with Gasteiger partial charge in [0.2, 0.25) is 5.91 Å². The Morgan fingerprint density at radius 2 is 2.00 bits per heavy atom. The SMILES string of the molecule is CCOC(=O)CCN(C)CC(=O)N1CCOCC1. The molecule has 0 aromatic carbocycles. The van der Waals surface area contributed by atoms with Crippen molar-refractivity contribution in [2.24, 2.45) is 0 Å². The maximum Gasteiger partial charge on any atom is 0.307 e. The van der Waals surface area contributed by atoms with E-state index in [-0.39, 0.29) is 11.9 Å². The molecule has 1 amide bonds. The molecule has 0 aliphatic carbocycles. The summed E-state index contributed by atoms with van der Waals surface area (Å²) >= 11 is 0. The van der Waals surface area contributed by atoms with Gasteiger partial charge in [-0.15, -0.1) is 0 Å². The molecular formula is C12H22N2O4. The zero-order chi connectivity index (χ0) is 13.4. The zero-order valence-electron chi connectivity index (χ0n) is 11.2. The topological polar surface area (TPSA) is 59.1 Å². The fourth-order valence-electron chi connectivity index (χ4n) is 1.74. The van der Waals surface area contributed by atoms with Crippen LogP contribution in [0.25, 0.3) is 0 Å². The van der Waals surface area contributed by atoms with Crippen molar-refractivity contribution in [3.05, 3.63) is 0 Å². The normalized spacial score (nSPS) is 15.8. The van der Waals surface area contributed by atoms with Crippen molar-refractivity contribution >= 4 is 11.9 Å². The molecule has 1 saturated heterocycles. The summed E-state index contributed by atoms with van der Waals surface area (Å²) in [6.07, 6.45) is 0.320. The smallest absolute Gasteiger partial charge is 0.307 e.